The van der Waals surface area contributed by atoms with E-state index in [-0.39, 0.29) is 11.8 Å². The first-order valence-electron chi connectivity index (χ1n) is 13.8. The van der Waals surface area contributed by atoms with E-state index in [4.69, 9.17) is 4.74 Å². The van der Waals surface area contributed by atoms with Gasteiger partial charge in [-0.25, -0.2) is 4.39 Å². The molecule has 1 heterocycles. The van der Waals surface area contributed by atoms with Crippen LogP contribution in [-0.2, 0) is 0 Å². The van der Waals surface area contributed by atoms with Crippen molar-refractivity contribution in [3.8, 4) is 5.75 Å². The van der Waals surface area contributed by atoms with Crippen LogP contribution in [0.1, 0.15) is 34.6 Å². The summed E-state index contributed by atoms with van der Waals surface area (Å²) in [6.45, 7) is 10.3. The number of amides is 2. The van der Waals surface area contributed by atoms with E-state index >= 15 is 0 Å². The average molecular weight is 548 g/mol. The maximum absolute atomic E-state index is 13.4. The average Bonchev–Trinajstić information content (AvgIpc) is 2.99. The summed E-state index contributed by atoms with van der Waals surface area (Å²) in [4.78, 5) is 32.9. The molecule has 0 bridgehead atoms. The Kier molecular flexibility index (Phi) is 9.96. The van der Waals surface area contributed by atoms with E-state index in [9.17, 15) is 14.0 Å². The number of likely N-dealkylation sites (N-methyl/N-ethyl adjacent to an activating group) is 1. The van der Waals surface area contributed by atoms with Crippen LogP contribution in [0, 0.1) is 5.82 Å². The highest BCUT2D eigenvalue weighted by molar-refractivity contribution is 6.06. The van der Waals surface area contributed by atoms with Crippen LogP contribution >= 0.6 is 0 Å². The number of ether oxygens (including phenoxy) is 1. The van der Waals surface area contributed by atoms with Crippen LogP contribution in [0.5, 0.6) is 5.75 Å². The predicted molar refractivity (Wildman–Crippen MR) is 158 cm³/mol. The minimum Gasteiger partial charge on any atom is -0.495 e. The molecule has 1 fully saturated rings. The molecule has 0 atom stereocenters. The lowest BCUT2D eigenvalue weighted by atomic mass is 10.1. The number of benzene rings is 3. The molecule has 0 unspecified atom stereocenters. The summed E-state index contributed by atoms with van der Waals surface area (Å²) in [5.74, 6) is -0.126. The topological polar surface area (TPSA) is 77.2 Å². The van der Waals surface area contributed by atoms with E-state index in [1.165, 1.54) is 24.3 Å². The van der Waals surface area contributed by atoms with Crippen molar-refractivity contribution < 1.29 is 18.7 Å². The van der Waals surface area contributed by atoms with Gasteiger partial charge in [0.25, 0.3) is 11.8 Å². The molecule has 0 aliphatic carbocycles. The van der Waals surface area contributed by atoms with Gasteiger partial charge in [0.2, 0.25) is 0 Å². The maximum Gasteiger partial charge on any atom is 0.255 e. The van der Waals surface area contributed by atoms with Crippen molar-refractivity contribution in [2.75, 3.05) is 74.6 Å². The van der Waals surface area contributed by atoms with Gasteiger partial charge in [0.15, 0.2) is 0 Å². The van der Waals surface area contributed by atoms with Crippen molar-refractivity contribution in [2.45, 2.75) is 13.8 Å². The number of piperazine rings is 1. The Morgan fingerprint density at radius 3 is 2.17 bits per heavy atom. The summed E-state index contributed by atoms with van der Waals surface area (Å²) in [6, 6.07) is 18.7. The predicted octanol–water partition coefficient (Wildman–Crippen LogP) is 4.48. The van der Waals surface area contributed by atoms with Crippen molar-refractivity contribution in [3.05, 3.63) is 83.7 Å². The van der Waals surface area contributed by atoms with Gasteiger partial charge in [-0.3, -0.25) is 9.59 Å². The van der Waals surface area contributed by atoms with Crippen molar-refractivity contribution in [2.24, 2.45) is 0 Å². The summed E-state index contributed by atoms with van der Waals surface area (Å²) in [5.41, 5.74) is 3.21. The van der Waals surface area contributed by atoms with Crippen LogP contribution in [0.15, 0.2) is 66.7 Å². The SMILES string of the molecule is CCN(CC)CCNC(=O)c1cc(NC(=O)c2ccc(F)cc2)ccc1N1CCN(c2ccccc2OC)CC1. The number of halogens is 1. The molecule has 40 heavy (non-hydrogen) atoms. The standard InChI is InChI=1S/C31H38FN5O3/c1-4-35(5-2)17-16-33-31(39)26-22-25(34-30(38)23-10-12-24(32)13-11-23)14-15-27(26)36-18-20-37(21-19-36)28-8-6-7-9-29(28)40-3/h6-15,22H,4-5,16-21H2,1-3H3,(H,33,39)(H,34,38). The number of methoxy groups -OCH3 is 1. The van der Waals surface area contributed by atoms with Gasteiger partial charge in [-0.2, -0.15) is 0 Å². The van der Waals surface area contributed by atoms with Crippen molar-refractivity contribution >= 4 is 28.9 Å². The molecule has 0 radical (unpaired) electrons. The van der Waals surface area contributed by atoms with Crippen molar-refractivity contribution in [3.63, 3.8) is 0 Å². The van der Waals surface area contributed by atoms with Gasteiger partial charge in [0, 0.05) is 56.2 Å². The highest BCUT2D eigenvalue weighted by Crippen LogP contribution is 2.31. The molecule has 1 saturated heterocycles. The van der Waals surface area contributed by atoms with Gasteiger partial charge in [-0.1, -0.05) is 26.0 Å². The summed E-state index contributed by atoms with van der Waals surface area (Å²) >= 11 is 0. The van der Waals surface area contributed by atoms with Gasteiger partial charge >= 0.3 is 0 Å². The van der Waals surface area contributed by atoms with Crippen LogP contribution in [0.2, 0.25) is 0 Å². The Morgan fingerprint density at radius 1 is 0.875 bits per heavy atom. The molecule has 3 aromatic rings. The minimum absolute atomic E-state index is 0.188. The van der Waals surface area contributed by atoms with Gasteiger partial charge in [-0.05, 0) is 67.7 Å². The highest BCUT2D eigenvalue weighted by atomic mass is 19.1. The number of carbonyl (C=O) groups is 2. The lowest BCUT2D eigenvalue weighted by Gasteiger charge is -2.38. The monoisotopic (exact) mass is 547 g/mol. The van der Waals surface area contributed by atoms with E-state index in [2.05, 4.69) is 45.2 Å². The number of hydrogen-bond acceptors (Lipinski definition) is 6. The van der Waals surface area contributed by atoms with E-state index in [0.29, 0.717) is 23.4 Å². The maximum atomic E-state index is 13.4. The summed E-state index contributed by atoms with van der Waals surface area (Å²) in [5, 5.41) is 5.90. The summed E-state index contributed by atoms with van der Waals surface area (Å²) in [7, 11) is 1.68. The molecule has 9 heteroatoms. The molecule has 0 spiro atoms. The zero-order chi connectivity index (χ0) is 28.5. The van der Waals surface area contributed by atoms with Crippen molar-refractivity contribution in [1.82, 2.24) is 10.2 Å². The second-order valence-corrected chi connectivity index (χ2v) is 9.62. The van der Waals surface area contributed by atoms with Gasteiger partial charge in [0.1, 0.15) is 11.6 Å². The fraction of sp³-hybridized carbons (Fsp3) is 0.355. The quantitative estimate of drug-likeness (QED) is 0.369. The Balaban J connectivity index is 1.52. The largest absolute Gasteiger partial charge is 0.495 e. The second kappa shape index (κ2) is 13.8. The van der Waals surface area contributed by atoms with Crippen LogP contribution < -0.4 is 25.2 Å². The Bertz CT molecular complexity index is 1290. The third-order valence-electron chi connectivity index (χ3n) is 7.26. The highest BCUT2D eigenvalue weighted by Gasteiger charge is 2.24. The fourth-order valence-electron chi connectivity index (χ4n) is 4.92. The van der Waals surface area contributed by atoms with Crippen LogP contribution in [-0.4, -0.2) is 76.2 Å². The van der Waals surface area contributed by atoms with E-state index in [1.807, 2.05) is 24.3 Å². The molecular formula is C31H38FN5O3. The normalized spacial score (nSPS) is 13.3. The third-order valence-corrected chi connectivity index (χ3v) is 7.26. The third kappa shape index (κ3) is 7.09. The molecule has 3 aromatic carbocycles. The number of carbonyl (C=O) groups excluding carboxylic acids is 2. The molecule has 1 aliphatic rings. The van der Waals surface area contributed by atoms with Gasteiger partial charge in [-0.15, -0.1) is 0 Å². The lowest BCUT2D eigenvalue weighted by molar-refractivity contribution is 0.0948. The molecule has 4 rings (SSSR count). The van der Waals surface area contributed by atoms with E-state index < -0.39 is 5.82 Å². The first-order valence-corrected chi connectivity index (χ1v) is 13.8. The molecule has 0 saturated carbocycles. The van der Waals surface area contributed by atoms with Gasteiger partial charge in [0.05, 0.1) is 18.4 Å². The van der Waals surface area contributed by atoms with Crippen molar-refractivity contribution in [1.29, 1.82) is 0 Å². The number of nitrogens with one attached hydrogen (secondary N) is 2. The number of hydrogen-bond donors (Lipinski definition) is 2. The molecule has 0 aromatic heterocycles. The summed E-state index contributed by atoms with van der Waals surface area (Å²) < 4.78 is 18.9. The second-order valence-electron chi connectivity index (χ2n) is 9.62. The number of anilines is 3. The van der Waals surface area contributed by atoms with Crippen LogP contribution in [0.4, 0.5) is 21.5 Å². The van der Waals surface area contributed by atoms with Crippen LogP contribution in [0.25, 0.3) is 0 Å². The molecule has 2 N–H and O–H groups in total. The molecule has 8 nitrogen and oxygen atoms in total. The lowest BCUT2D eigenvalue weighted by Crippen LogP contribution is -2.47. The zero-order valence-corrected chi connectivity index (χ0v) is 23.5. The molecule has 2 amide bonds. The first-order chi connectivity index (χ1) is 19.4. The Hall–Kier alpha value is -4.11. The fourth-order valence-corrected chi connectivity index (χ4v) is 4.92. The smallest absolute Gasteiger partial charge is 0.255 e. The van der Waals surface area contributed by atoms with E-state index in [1.54, 1.807) is 19.2 Å². The number of rotatable bonds is 11. The number of para-hydroxylation sites is 2. The zero-order valence-electron chi connectivity index (χ0n) is 23.5. The molecular weight excluding hydrogens is 509 g/mol. The minimum atomic E-state index is -0.407. The number of nitrogens with zero attached hydrogens (tertiary/aromatic N) is 3. The van der Waals surface area contributed by atoms with E-state index in [0.717, 1.165) is 62.9 Å². The summed E-state index contributed by atoms with van der Waals surface area (Å²) in [6.07, 6.45) is 0. The Labute approximate surface area is 235 Å². The van der Waals surface area contributed by atoms with Gasteiger partial charge < -0.3 is 30.1 Å². The van der Waals surface area contributed by atoms with Crippen LogP contribution in [0.3, 0.4) is 0 Å². The Morgan fingerprint density at radius 2 is 1.52 bits per heavy atom. The molecule has 212 valence electrons. The first kappa shape index (κ1) is 28.9. The molecule has 1 aliphatic heterocycles.